The Balaban J connectivity index is 1.64. The molecule has 0 bridgehead atoms. The molecule has 0 fully saturated rings. The molecule has 0 atom stereocenters. The molecule has 0 aliphatic rings. The predicted octanol–water partition coefficient (Wildman–Crippen LogP) is 3.01. The van der Waals surface area contributed by atoms with Crippen LogP contribution in [-0.4, -0.2) is 18.4 Å². The van der Waals surface area contributed by atoms with Crippen LogP contribution in [0.4, 0.5) is 5.69 Å². The number of carbonyl (C=O) groups is 2. The minimum atomic E-state index is -0.341. The summed E-state index contributed by atoms with van der Waals surface area (Å²) in [7, 11) is 0. The monoisotopic (exact) mass is 351 g/mol. The van der Waals surface area contributed by atoms with Gasteiger partial charge in [0, 0.05) is 18.7 Å². The molecule has 0 aliphatic carbocycles. The van der Waals surface area contributed by atoms with Gasteiger partial charge < -0.3 is 15.4 Å². The second-order valence-electron chi connectivity index (χ2n) is 5.62. The topological polar surface area (TPSA) is 91.2 Å². The van der Waals surface area contributed by atoms with E-state index in [1.165, 1.54) is 0 Å². The molecule has 2 aromatic rings. The minimum Gasteiger partial charge on any atom is -0.494 e. The van der Waals surface area contributed by atoms with Crippen molar-refractivity contribution in [1.82, 2.24) is 5.32 Å². The summed E-state index contributed by atoms with van der Waals surface area (Å²) >= 11 is 0. The number of rotatable bonds is 9. The maximum absolute atomic E-state index is 11.9. The summed E-state index contributed by atoms with van der Waals surface area (Å²) in [5.74, 6) is 0.425. The summed E-state index contributed by atoms with van der Waals surface area (Å²) in [5, 5.41) is 13.9. The van der Waals surface area contributed by atoms with Gasteiger partial charge in [0.2, 0.25) is 11.8 Å². The third-order valence-electron chi connectivity index (χ3n) is 3.53. The lowest BCUT2D eigenvalue weighted by atomic mass is 10.2. The number of benzene rings is 2. The van der Waals surface area contributed by atoms with Crippen LogP contribution in [0.2, 0.25) is 0 Å². The summed E-state index contributed by atoms with van der Waals surface area (Å²) in [5.41, 5.74) is 1.55. The molecule has 26 heavy (non-hydrogen) atoms. The fourth-order valence-corrected chi connectivity index (χ4v) is 2.21. The zero-order valence-electron chi connectivity index (χ0n) is 14.4. The molecule has 2 rings (SSSR count). The third kappa shape index (κ3) is 7.05. The van der Waals surface area contributed by atoms with Crippen molar-refractivity contribution >= 4 is 17.5 Å². The van der Waals surface area contributed by atoms with Gasteiger partial charge in [-0.15, -0.1) is 0 Å². The van der Waals surface area contributed by atoms with Crippen molar-refractivity contribution in [2.75, 3.05) is 11.9 Å². The largest absolute Gasteiger partial charge is 0.494 e. The second-order valence-corrected chi connectivity index (χ2v) is 5.62. The molecule has 2 amide bonds. The number of anilines is 1. The highest BCUT2D eigenvalue weighted by molar-refractivity contribution is 5.92. The zero-order chi connectivity index (χ0) is 18.6. The summed E-state index contributed by atoms with van der Waals surface area (Å²) in [6, 6.07) is 18.4. The number of nitrogens with one attached hydrogen (secondary N) is 2. The van der Waals surface area contributed by atoms with Gasteiger partial charge in [0.05, 0.1) is 12.7 Å². The Morgan fingerprint density at radius 1 is 1.00 bits per heavy atom. The van der Waals surface area contributed by atoms with E-state index >= 15 is 0 Å². The highest BCUT2D eigenvalue weighted by Crippen LogP contribution is 2.10. The van der Waals surface area contributed by atoms with E-state index in [0.29, 0.717) is 31.7 Å². The number of hydrogen-bond acceptors (Lipinski definition) is 4. The second kappa shape index (κ2) is 10.5. The fourth-order valence-electron chi connectivity index (χ4n) is 2.21. The van der Waals surface area contributed by atoms with Crippen LogP contribution >= 0.6 is 0 Å². The Labute approximate surface area is 152 Å². The molecule has 0 saturated heterocycles. The average Bonchev–Trinajstić information content (AvgIpc) is 2.66. The molecule has 2 aromatic carbocycles. The number of ether oxygens (including phenoxy) is 1. The maximum Gasteiger partial charge on any atom is 0.238 e. The molecule has 6 nitrogen and oxygen atoms in total. The van der Waals surface area contributed by atoms with Gasteiger partial charge in [-0.1, -0.05) is 30.3 Å². The molecule has 0 spiro atoms. The third-order valence-corrected chi connectivity index (χ3v) is 3.53. The van der Waals surface area contributed by atoms with Gasteiger partial charge in [-0.3, -0.25) is 9.59 Å². The molecule has 0 unspecified atom stereocenters. The SMILES string of the molecule is N#CCC(=O)Nc1ccc(CNC(=O)CCCOc2ccccc2)cc1. The first-order valence-electron chi connectivity index (χ1n) is 8.37. The van der Waals surface area contributed by atoms with Crippen molar-refractivity contribution in [2.24, 2.45) is 0 Å². The van der Waals surface area contributed by atoms with Crippen molar-refractivity contribution in [3.63, 3.8) is 0 Å². The smallest absolute Gasteiger partial charge is 0.238 e. The first-order chi connectivity index (χ1) is 12.7. The number of nitriles is 1. The van der Waals surface area contributed by atoms with E-state index in [0.717, 1.165) is 11.3 Å². The van der Waals surface area contributed by atoms with Crippen molar-refractivity contribution in [3.05, 3.63) is 60.2 Å². The van der Waals surface area contributed by atoms with Crippen molar-refractivity contribution in [1.29, 1.82) is 5.26 Å². The van der Waals surface area contributed by atoms with Gasteiger partial charge in [0.25, 0.3) is 0 Å². The summed E-state index contributed by atoms with van der Waals surface area (Å²) < 4.78 is 5.55. The number of nitrogens with zero attached hydrogens (tertiary/aromatic N) is 1. The number of para-hydroxylation sites is 1. The van der Waals surface area contributed by atoms with Gasteiger partial charge in [-0.25, -0.2) is 0 Å². The van der Waals surface area contributed by atoms with Crippen LogP contribution in [0.3, 0.4) is 0 Å². The molecule has 2 N–H and O–H groups in total. The Morgan fingerprint density at radius 2 is 1.73 bits per heavy atom. The first-order valence-corrected chi connectivity index (χ1v) is 8.37. The number of hydrogen-bond donors (Lipinski definition) is 2. The molecule has 6 heteroatoms. The van der Waals surface area contributed by atoms with Crippen LogP contribution in [0, 0.1) is 11.3 Å². The Hall–Kier alpha value is -3.33. The van der Waals surface area contributed by atoms with Crippen LogP contribution < -0.4 is 15.4 Å². The molecular weight excluding hydrogens is 330 g/mol. The molecule has 0 heterocycles. The normalized spacial score (nSPS) is 9.81. The van der Waals surface area contributed by atoms with E-state index in [1.54, 1.807) is 18.2 Å². The predicted molar refractivity (Wildman–Crippen MR) is 98.3 cm³/mol. The van der Waals surface area contributed by atoms with E-state index < -0.39 is 0 Å². The van der Waals surface area contributed by atoms with Gasteiger partial charge in [-0.05, 0) is 36.2 Å². The molecule has 0 aromatic heterocycles. The van der Waals surface area contributed by atoms with E-state index in [9.17, 15) is 9.59 Å². The summed E-state index contributed by atoms with van der Waals surface area (Å²) in [6.45, 7) is 0.916. The van der Waals surface area contributed by atoms with E-state index in [2.05, 4.69) is 10.6 Å². The first kappa shape index (κ1) is 19.0. The van der Waals surface area contributed by atoms with E-state index in [1.807, 2.05) is 42.5 Å². The fraction of sp³-hybridized carbons (Fsp3) is 0.250. The standard InChI is InChI=1S/C20H21N3O3/c21-13-12-20(25)23-17-10-8-16(9-11-17)15-22-19(24)7-4-14-26-18-5-2-1-3-6-18/h1-3,5-6,8-11H,4,7,12,14-15H2,(H,22,24)(H,23,25). The average molecular weight is 351 g/mol. The highest BCUT2D eigenvalue weighted by Gasteiger charge is 2.04. The lowest BCUT2D eigenvalue weighted by molar-refractivity contribution is -0.121. The van der Waals surface area contributed by atoms with Gasteiger partial charge in [0.15, 0.2) is 0 Å². The van der Waals surface area contributed by atoms with E-state index in [4.69, 9.17) is 10.00 Å². The van der Waals surface area contributed by atoms with Crippen LogP contribution in [0.25, 0.3) is 0 Å². The molecular formula is C20H21N3O3. The zero-order valence-corrected chi connectivity index (χ0v) is 14.4. The minimum absolute atomic E-state index is 0.0342. The van der Waals surface area contributed by atoms with Crippen LogP contribution in [-0.2, 0) is 16.1 Å². The maximum atomic E-state index is 11.9. The van der Waals surface area contributed by atoms with Crippen LogP contribution in [0.1, 0.15) is 24.8 Å². The lowest BCUT2D eigenvalue weighted by Crippen LogP contribution is -2.23. The molecule has 0 saturated carbocycles. The lowest BCUT2D eigenvalue weighted by Gasteiger charge is -2.08. The Kier molecular flexibility index (Phi) is 7.69. The summed E-state index contributed by atoms with van der Waals surface area (Å²) in [4.78, 5) is 23.2. The van der Waals surface area contributed by atoms with E-state index in [-0.39, 0.29) is 18.2 Å². The highest BCUT2D eigenvalue weighted by atomic mass is 16.5. The van der Waals surface area contributed by atoms with Gasteiger partial charge >= 0.3 is 0 Å². The van der Waals surface area contributed by atoms with Crippen molar-refractivity contribution < 1.29 is 14.3 Å². The van der Waals surface area contributed by atoms with Gasteiger partial charge in [-0.2, -0.15) is 5.26 Å². The van der Waals surface area contributed by atoms with Crippen molar-refractivity contribution in [2.45, 2.75) is 25.8 Å². The van der Waals surface area contributed by atoms with Crippen LogP contribution in [0.15, 0.2) is 54.6 Å². The Morgan fingerprint density at radius 3 is 2.42 bits per heavy atom. The van der Waals surface area contributed by atoms with Crippen molar-refractivity contribution in [3.8, 4) is 11.8 Å². The van der Waals surface area contributed by atoms with Gasteiger partial charge in [0.1, 0.15) is 12.2 Å². The quantitative estimate of drug-likeness (QED) is 0.679. The molecule has 0 aliphatic heterocycles. The Bertz CT molecular complexity index is 752. The molecule has 134 valence electrons. The molecule has 0 radical (unpaired) electrons. The number of carbonyl (C=O) groups excluding carboxylic acids is 2. The number of amides is 2. The summed E-state index contributed by atoms with van der Waals surface area (Å²) in [6.07, 6.45) is 0.867. The van der Waals surface area contributed by atoms with Crippen LogP contribution in [0.5, 0.6) is 5.75 Å².